The number of para-hydroxylation sites is 1. The molecule has 4 aromatic rings. The number of ether oxygens (including phenoxy) is 5. The molecule has 0 atom stereocenters. The first-order valence-electron chi connectivity index (χ1n) is 11.4. The molecule has 0 aliphatic carbocycles. The minimum Gasteiger partial charge on any atom is -0.493 e. The predicted octanol–water partition coefficient (Wildman–Crippen LogP) is 4.16. The third-order valence-corrected chi connectivity index (χ3v) is 6.58. The molecule has 4 rings (SSSR count). The number of nitrogens with one attached hydrogen (secondary N) is 1. The van der Waals surface area contributed by atoms with Gasteiger partial charge in [-0.25, -0.2) is 4.98 Å². The lowest BCUT2D eigenvalue weighted by molar-refractivity contribution is -0.113. The van der Waals surface area contributed by atoms with Gasteiger partial charge in [0.2, 0.25) is 11.7 Å². The molecule has 1 heterocycles. The lowest BCUT2D eigenvalue weighted by atomic mass is 10.2. The summed E-state index contributed by atoms with van der Waals surface area (Å²) in [6, 6.07) is 15.6. The first-order chi connectivity index (χ1) is 18.4. The molecule has 0 aliphatic rings. The largest absolute Gasteiger partial charge is 0.493 e. The van der Waals surface area contributed by atoms with Crippen molar-refractivity contribution in [1.29, 1.82) is 0 Å². The number of hydrogen-bond donors (Lipinski definition) is 1. The van der Waals surface area contributed by atoms with Crippen LogP contribution in [0, 0.1) is 0 Å². The van der Waals surface area contributed by atoms with Gasteiger partial charge in [-0.05, 0) is 18.2 Å². The summed E-state index contributed by atoms with van der Waals surface area (Å²) >= 11 is 1.13. The Hall–Kier alpha value is -4.38. The van der Waals surface area contributed by atoms with Gasteiger partial charge >= 0.3 is 0 Å². The van der Waals surface area contributed by atoms with E-state index in [1.807, 2.05) is 18.2 Å². The maximum Gasteiger partial charge on any atom is 0.266 e. The van der Waals surface area contributed by atoms with Gasteiger partial charge in [-0.2, -0.15) is 0 Å². The van der Waals surface area contributed by atoms with E-state index in [1.54, 1.807) is 36.4 Å². The van der Waals surface area contributed by atoms with Crippen LogP contribution >= 0.6 is 11.8 Å². The van der Waals surface area contributed by atoms with Crippen LogP contribution in [0.1, 0.15) is 0 Å². The van der Waals surface area contributed by atoms with Crippen LogP contribution in [0.2, 0.25) is 0 Å². The molecule has 38 heavy (non-hydrogen) atoms. The SMILES string of the molecule is COc1cc2nc(SCC(=O)Nc3cc(OC)c(OC)c(OC)c3)n(-c3ccccc3)c(=O)c2cc1OC. The van der Waals surface area contributed by atoms with E-state index in [0.29, 0.717) is 56.2 Å². The predicted molar refractivity (Wildman–Crippen MR) is 146 cm³/mol. The van der Waals surface area contributed by atoms with E-state index >= 15 is 0 Å². The smallest absolute Gasteiger partial charge is 0.266 e. The number of thioether (sulfide) groups is 1. The van der Waals surface area contributed by atoms with Gasteiger partial charge in [0.15, 0.2) is 28.2 Å². The van der Waals surface area contributed by atoms with Gasteiger partial charge in [0.25, 0.3) is 5.56 Å². The summed E-state index contributed by atoms with van der Waals surface area (Å²) < 4.78 is 28.3. The molecule has 0 saturated carbocycles. The highest BCUT2D eigenvalue weighted by Crippen LogP contribution is 2.40. The lowest BCUT2D eigenvalue weighted by Gasteiger charge is -2.16. The Morgan fingerprint density at radius 1 is 0.842 bits per heavy atom. The fourth-order valence-electron chi connectivity index (χ4n) is 3.87. The molecule has 0 radical (unpaired) electrons. The highest BCUT2D eigenvalue weighted by molar-refractivity contribution is 7.99. The second-order valence-corrected chi connectivity index (χ2v) is 8.79. The number of aromatic nitrogens is 2. The van der Waals surface area contributed by atoms with Crippen molar-refractivity contribution >= 4 is 34.3 Å². The van der Waals surface area contributed by atoms with Crippen molar-refractivity contribution in [3.63, 3.8) is 0 Å². The number of hydrogen-bond acceptors (Lipinski definition) is 9. The van der Waals surface area contributed by atoms with E-state index in [1.165, 1.54) is 40.1 Å². The average molecular weight is 538 g/mol. The second kappa shape index (κ2) is 11.8. The lowest BCUT2D eigenvalue weighted by Crippen LogP contribution is -2.23. The number of carbonyl (C=O) groups excluding carboxylic acids is 1. The fourth-order valence-corrected chi connectivity index (χ4v) is 4.69. The fraction of sp³-hybridized carbons (Fsp3) is 0.222. The van der Waals surface area contributed by atoms with Crippen LogP contribution in [0.5, 0.6) is 28.7 Å². The average Bonchev–Trinajstić information content (AvgIpc) is 2.95. The molecule has 0 fully saturated rings. The maximum atomic E-state index is 13.6. The Morgan fingerprint density at radius 2 is 1.45 bits per heavy atom. The van der Waals surface area contributed by atoms with Crippen molar-refractivity contribution in [2.45, 2.75) is 5.16 Å². The molecule has 11 heteroatoms. The summed E-state index contributed by atoms with van der Waals surface area (Å²) in [6.07, 6.45) is 0. The number of carbonyl (C=O) groups is 1. The highest BCUT2D eigenvalue weighted by Gasteiger charge is 2.19. The van der Waals surface area contributed by atoms with Gasteiger partial charge in [-0.15, -0.1) is 0 Å². The van der Waals surface area contributed by atoms with Gasteiger partial charge in [-0.1, -0.05) is 30.0 Å². The van der Waals surface area contributed by atoms with Crippen LogP contribution in [0.25, 0.3) is 16.6 Å². The standard InChI is InChI=1S/C27H27N3O7S/c1-33-20-13-18-19(14-21(20)34-2)29-27(30(26(18)32)17-9-7-6-8-10-17)38-15-24(31)28-16-11-22(35-3)25(37-5)23(12-16)36-4/h6-14H,15H2,1-5H3,(H,28,31). The first-order valence-corrected chi connectivity index (χ1v) is 12.4. The molecular weight excluding hydrogens is 510 g/mol. The van der Waals surface area contributed by atoms with Crippen LogP contribution < -0.4 is 34.6 Å². The molecule has 1 N–H and O–H groups in total. The molecule has 1 amide bonds. The van der Waals surface area contributed by atoms with Crippen LogP contribution in [-0.2, 0) is 4.79 Å². The van der Waals surface area contributed by atoms with E-state index in [4.69, 9.17) is 28.7 Å². The summed E-state index contributed by atoms with van der Waals surface area (Å²) in [5, 5.41) is 3.54. The number of methoxy groups -OCH3 is 5. The van der Waals surface area contributed by atoms with E-state index in [0.717, 1.165) is 11.8 Å². The second-order valence-electron chi connectivity index (χ2n) is 7.85. The van der Waals surface area contributed by atoms with Crippen molar-refractivity contribution in [2.24, 2.45) is 0 Å². The molecule has 0 aliphatic heterocycles. The molecule has 0 unspecified atom stereocenters. The zero-order chi connectivity index (χ0) is 27.2. The van der Waals surface area contributed by atoms with Crippen molar-refractivity contribution < 1.29 is 28.5 Å². The van der Waals surface area contributed by atoms with Crippen molar-refractivity contribution in [3.05, 3.63) is 65.0 Å². The van der Waals surface area contributed by atoms with Crippen molar-refractivity contribution in [3.8, 4) is 34.4 Å². The number of rotatable bonds is 10. The molecule has 1 aromatic heterocycles. The maximum absolute atomic E-state index is 13.6. The van der Waals surface area contributed by atoms with Gasteiger partial charge in [0, 0.05) is 23.9 Å². The molecule has 198 valence electrons. The summed E-state index contributed by atoms with van der Waals surface area (Å²) in [6.45, 7) is 0. The van der Waals surface area contributed by atoms with Gasteiger partial charge in [0.1, 0.15) is 0 Å². The Kier molecular flexibility index (Phi) is 8.27. The monoisotopic (exact) mass is 537 g/mol. The van der Waals surface area contributed by atoms with E-state index in [2.05, 4.69) is 5.32 Å². The molecule has 0 saturated heterocycles. The number of nitrogens with zero attached hydrogens (tertiary/aromatic N) is 2. The van der Waals surface area contributed by atoms with Gasteiger partial charge < -0.3 is 29.0 Å². The summed E-state index contributed by atoms with van der Waals surface area (Å²) in [4.78, 5) is 31.3. The number of fused-ring (bicyclic) bond motifs is 1. The van der Waals surface area contributed by atoms with Crippen LogP contribution in [-0.4, -0.2) is 56.8 Å². The third-order valence-electron chi connectivity index (χ3n) is 5.64. The topological polar surface area (TPSA) is 110 Å². The number of anilines is 1. The normalized spacial score (nSPS) is 10.7. The van der Waals surface area contributed by atoms with Crippen LogP contribution in [0.3, 0.4) is 0 Å². The summed E-state index contributed by atoms with van der Waals surface area (Å²) in [5.41, 5.74) is 1.21. The Bertz CT molecular complexity index is 1500. The molecule has 0 bridgehead atoms. The van der Waals surface area contributed by atoms with Crippen molar-refractivity contribution in [2.75, 3.05) is 46.6 Å². The van der Waals surface area contributed by atoms with E-state index < -0.39 is 0 Å². The third kappa shape index (κ3) is 5.32. The molecule has 0 spiro atoms. The van der Waals surface area contributed by atoms with Crippen LogP contribution in [0.4, 0.5) is 5.69 Å². The zero-order valence-electron chi connectivity index (χ0n) is 21.6. The Labute approximate surface area is 223 Å². The number of benzene rings is 3. The van der Waals surface area contributed by atoms with E-state index in [9.17, 15) is 9.59 Å². The number of amides is 1. The van der Waals surface area contributed by atoms with E-state index in [-0.39, 0.29) is 17.2 Å². The Balaban J connectivity index is 1.69. The quantitative estimate of drug-likeness (QED) is 0.236. The highest BCUT2D eigenvalue weighted by atomic mass is 32.2. The summed E-state index contributed by atoms with van der Waals surface area (Å²) in [7, 11) is 7.51. The molecular formula is C27H27N3O7S. The van der Waals surface area contributed by atoms with Crippen LogP contribution in [0.15, 0.2) is 64.5 Å². The zero-order valence-corrected chi connectivity index (χ0v) is 22.4. The first kappa shape index (κ1) is 26.7. The minimum absolute atomic E-state index is 0.0191. The minimum atomic E-state index is -0.314. The Morgan fingerprint density at radius 3 is 2.03 bits per heavy atom. The molecule has 3 aromatic carbocycles. The van der Waals surface area contributed by atoms with Gasteiger partial charge in [-0.3, -0.25) is 14.2 Å². The molecule has 10 nitrogen and oxygen atoms in total. The summed E-state index contributed by atoms with van der Waals surface area (Å²) in [5.74, 6) is 1.77. The van der Waals surface area contributed by atoms with Gasteiger partial charge in [0.05, 0.1) is 57.9 Å². The van der Waals surface area contributed by atoms with Crippen molar-refractivity contribution in [1.82, 2.24) is 9.55 Å².